The van der Waals surface area contributed by atoms with E-state index in [1.54, 1.807) is 14.2 Å². The van der Waals surface area contributed by atoms with Crippen LogP contribution in [0.1, 0.15) is 41.3 Å². The van der Waals surface area contributed by atoms with Gasteiger partial charge in [0.1, 0.15) is 11.5 Å². The molecule has 0 aliphatic carbocycles. The van der Waals surface area contributed by atoms with Gasteiger partial charge in [-0.05, 0) is 59.0 Å². The Morgan fingerprint density at radius 2 is 1.83 bits per heavy atom. The lowest BCUT2D eigenvalue weighted by atomic mass is 9.91. The number of rotatable bonds is 6. The number of ether oxygens (including phenoxy) is 2. The van der Waals surface area contributed by atoms with Gasteiger partial charge in [0, 0.05) is 30.8 Å². The minimum atomic E-state index is -0.336. The number of benzene rings is 3. The molecule has 3 N–H and O–H groups in total. The fraction of sp³-hybridized carbons (Fsp3) is 0.360. The van der Waals surface area contributed by atoms with Gasteiger partial charge in [-0.2, -0.15) is 0 Å². The number of fused-ring (bicyclic) bond motifs is 2. The first-order valence-corrected chi connectivity index (χ1v) is 10.4. The van der Waals surface area contributed by atoms with E-state index in [0.29, 0.717) is 0 Å². The maximum atomic E-state index is 9.30. The first-order valence-electron chi connectivity index (χ1n) is 10.4. The van der Waals surface area contributed by atoms with Gasteiger partial charge in [-0.15, -0.1) is 0 Å². The van der Waals surface area contributed by atoms with Gasteiger partial charge < -0.3 is 20.3 Å². The van der Waals surface area contributed by atoms with E-state index in [9.17, 15) is 5.11 Å². The van der Waals surface area contributed by atoms with Crippen molar-refractivity contribution in [2.45, 2.75) is 32.0 Å². The molecule has 0 spiro atoms. The summed E-state index contributed by atoms with van der Waals surface area (Å²) in [5.74, 6) is 1.74. The van der Waals surface area contributed by atoms with Crippen molar-refractivity contribution >= 4 is 10.8 Å². The molecule has 3 aromatic carbocycles. The van der Waals surface area contributed by atoms with Gasteiger partial charge in [-0.25, -0.2) is 0 Å². The average Bonchev–Trinajstić information content (AvgIpc) is 2.79. The molecule has 1 heterocycles. The topological polar surface area (TPSA) is 68.0 Å². The molecular formula is C25H30N2O3. The lowest BCUT2D eigenvalue weighted by Crippen LogP contribution is -2.33. The Morgan fingerprint density at radius 3 is 2.57 bits per heavy atom. The molecule has 158 valence electrons. The molecule has 2 unspecified atom stereocenters. The van der Waals surface area contributed by atoms with Crippen LogP contribution in [0.3, 0.4) is 0 Å². The lowest BCUT2D eigenvalue weighted by molar-refractivity contribution is 0.185. The molecular weight excluding hydrogens is 376 g/mol. The van der Waals surface area contributed by atoms with Gasteiger partial charge in [0.25, 0.3) is 0 Å². The van der Waals surface area contributed by atoms with Crippen LogP contribution in [0.4, 0.5) is 0 Å². The smallest absolute Gasteiger partial charge is 0.127 e. The lowest BCUT2D eigenvalue weighted by Gasteiger charge is -2.36. The summed E-state index contributed by atoms with van der Waals surface area (Å²) >= 11 is 0. The third-order valence-electron chi connectivity index (χ3n) is 6.23. The number of aliphatic hydroxyl groups is 1. The maximum absolute atomic E-state index is 9.30. The summed E-state index contributed by atoms with van der Waals surface area (Å²) in [7, 11) is 3.42. The predicted octanol–water partition coefficient (Wildman–Crippen LogP) is 3.97. The van der Waals surface area contributed by atoms with Gasteiger partial charge in [-0.3, -0.25) is 4.90 Å². The van der Waals surface area contributed by atoms with E-state index in [4.69, 9.17) is 15.2 Å². The molecule has 0 saturated carbocycles. The Kier molecular flexibility index (Phi) is 5.95. The zero-order valence-electron chi connectivity index (χ0n) is 17.9. The van der Waals surface area contributed by atoms with Crippen molar-refractivity contribution in [1.82, 2.24) is 4.90 Å². The van der Waals surface area contributed by atoms with Gasteiger partial charge in [0.15, 0.2) is 0 Å². The van der Waals surface area contributed by atoms with E-state index < -0.39 is 0 Å². The summed E-state index contributed by atoms with van der Waals surface area (Å²) < 4.78 is 11.1. The Bertz CT molecular complexity index is 1030. The highest BCUT2D eigenvalue weighted by atomic mass is 16.5. The highest BCUT2D eigenvalue weighted by molar-refractivity contribution is 5.84. The molecule has 5 nitrogen and oxygen atoms in total. The molecule has 3 aromatic rings. The average molecular weight is 407 g/mol. The number of aliphatic hydroxyl groups excluding tert-OH is 1. The zero-order chi connectivity index (χ0) is 21.3. The fourth-order valence-electron chi connectivity index (χ4n) is 4.46. The Hall–Kier alpha value is -2.60. The fourth-order valence-corrected chi connectivity index (χ4v) is 4.46. The number of methoxy groups -OCH3 is 2. The van der Waals surface area contributed by atoms with E-state index in [1.165, 1.54) is 22.1 Å². The van der Waals surface area contributed by atoms with E-state index in [1.807, 2.05) is 12.1 Å². The van der Waals surface area contributed by atoms with Crippen LogP contribution >= 0.6 is 0 Å². The molecule has 30 heavy (non-hydrogen) atoms. The van der Waals surface area contributed by atoms with Gasteiger partial charge in [0.2, 0.25) is 0 Å². The largest absolute Gasteiger partial charge is 0.497 e. The molecule has 0 bridgehead atoms. The molecule has 5 heteroatoms. The summed E-state index contributed by atoms with van der Waals surface area (Å²) in [5, 5.41) is 11.6. The number of nitrogens with two attached hydrogens (primary N) is 1. The van der Waals surface area contributed by atoms with Gasteiger partial charge in [-0.1, -0.05) is 24.3 Å². The zero-order valence-corrected chi connectivity index (χ0v) is 17.9. The van der Waals surface area contributed by atoms with E-state index in [0.717, 1.165) is 42.0 Å². The van der Waals surface area contributed by atoms with Crippen LogP contribution in [0, 0.1) is 0 Å². The summed E-state index contributed by atoms with van der Waals surface area (Å²) in [6.07, 6.45) is 0.975. The minimum absolute atomic E-state index is 0.0484. The summed E-state index contributed by atoms with van der Waals surface area (Å²) in [6, 6.07) is 16.8. The predicted molar refractivity (Wildman–Crippen MR) is 120 cm³/mol. The maximum Gasteiger partial charge on any atom is 0.127 e. The molecule has 0 fully saturated rings. The second-order valence-electron chi connectivity index (χ2n) is 8.03. The van der Waals surface area contributed by atoms with Crippen molar-refractivity contribution < 1.29 is 14.6 Å². The van der Waals surface area contributed by atoms with Crippen LogP contribution in [0.2, 0.25) is 0 Å². The monoisotopic (exact) mass is 406 g/mol. The van der Waals surface area contributed by atoms with Crippen LogP contribution in [0.25, 0.3) is 10.8 Å². The van der Waals surface area contributed by atoms with Crippen molar-refractivity contribution in [3.8, 4) is 11.5 Å². The molecule has 1 aliphatic rings. The second-order valence-corrected chi connectivity index (χ2v) is 8.03. The molecule has 4 rings (SSSR count). The number of hydrogen-bond acceptors (Lipinski definition) is 5. The van der Waals surface area contributed by atoms with Crippen LogP contribution in [0.5, 0.6) is 11.5 Å². The molecule has 0 saturated heterocycles. The van der Waals surface area contributed by atoms with Crippen LogP contribution in [0.15, 0.2) is 48.5 Å². The van der Waals surface area contributed by atoms with Crippen LogP contribution in [-0.4, -0.2) is 37.4 Å². The van der Waals surface area contributed by atoms with Crippen LogP contribution < -0.4 is 15.2 Å². The highest BCUT2D eigenvalue weighted by Gasteiger charge is 2.28. The third-order valence-corrected chi connectivity index (χ3v) is 6.23. The summed E-state index contributed by atoms with van der Waals surface area (Å²) in [5.41, 5.74) is 10.8. The SMILES string of the molecule is COc1cc2c(c(OC)c1)C(C)N(Cc1ccc3cc(C(N)CO)ccc3c1)CC2. The highest BCUT2D eigenvalue weighted by Crippen LogP contribution is 2.39. The van der Waals surface area contributed by atoms with E-state index >= 15 is 0 Å². The normalized spacial score (nSPS) is 17.6. The van der Waals surface area contributed by atoms with Gasteiger partial charge >= 0.3 is 0 Å². The first kappa shape index (κ1) is 20.7. The first-order chi connectivity index (χ1) is 14.5. The molecule has 0 amide bonds. The van der Waals surface area contributed by atoms with E-state index in [2.05, 4.69) is 48.2 Å². The quantitative estimate of drug-likeness (QED) is 0.648. The molecule has 2 atom stereocenters. The Balaban J connectivity index is 1.58. The third kappa shape index (κ3) is 3.88. The Morgan fingerprint density at radius 1 is 1.07 bits per heavy atom. The summed E-state index contributed by atoms with van der Waals surface area (Å²) in [6.45, 7) is 4.07. The van der Waals surface area contributed by atoms with Crippen molar-refractivity contribution in [3.05, 3.63) is 70.8 Å². The van der Waals surface area contributed by atoms with Crippen molar-refractivity contribution in [3.63, 3.8) is 0 Å². The molecule has 1 aliphatic heterocycles. The van der Waals surface area contributed by atoms with Crippen molar-refractivity contribution in [2.24, 2.45) is 5.73 Å². The molecule has 0 aromatic heterocycles. The van der Waals surface area contributed by atoms with Gasteiger partial charge in [0.05, 0.1) is 26.9 Å². The van der Waals surface area contributed by atoms with E-state index in [-0.39, 0.29) is 18.7 Å². The Labute approximate surface area is 178 Å². The summed E-state index contributed by atoms with van der Waals surface area (Å²) in [4.78, 5) is 2.49. The second kappa shape index (κ2) is 8.64. The molecule has 0 radical (unpaired) electrons. The number of nitrogens with zero attached hydrogens (tertiary/aromatic N) is 1. The van der Waals surface area contributed by atoms with Crippen molar-refractivity contribution in [1.29, 1.82) is 0 Å². The standard InChI is InChI=1S/C25H30N2O3/c1-16-25-21(12-22(29-2)13-24(25)30-3)8-9-27(16)14-17-4-5-19-11-20(23(26)15-28)7-6-18(19)10-17/h4-7,10-13,16,23,28H,8-9,14-15,26H2,1-3H3. The van der Waals surface area contributed by atoms with Crippen LogP contribution in [-0.2, 0) is 13.0 Å². The van der Waals surface area contributed by atoms with Crippen molar-refractivity contribution in [2.75, 3.05) is 27.4 Å². The number of hydrogen-bond donors (Lipinski definition) is 2. The minimum Gasteiger partial charge on any atom is -0.497 e.